The minimum Gasteiger partial charge on any atom is -0.494 e. The van der Waals surface area contributed by atoms with Crippen LogP contribution in [0.1, 0.15) is 23.2 Å². The maximum absolute atomic E-state index is 12.4. The fraction of sp³-hybridized carbons (Fsp3) is 0.278. The summed E-state index contributed by atoms with van der Waals surface area (Å²) in [5, 5.41) is 3.46. The number of hydrogen-bond donors (Lipinski definition) is 1. The van der Waals surface area contributed by atoms with E-state index in [-0.39, 0.29) is 5.91 Å². The number of hydrogen-bond acceptors (Lipinski definition) is 3. The fourth-order valence-corrected chi connectivity index (χ4v) is 3.46. The van der Waals surface area contributed by atoms with Gasteiger partial charge in [-0.2, -0.15) is 0 Å². The average molecular weight is 365 g/mol. The van der Waals surface area contributed by atoms with E-state index in [1.165, 1.54) is 25.6 Å². The summed E-state index contributed by atoms with van der Waals surface area (Å²) in [6.45, 7) is 2.18. The molecule has 0 unspecified atom stereocenters. The predicted molar refractivity (Wildman–Crippen MR) is 98.9 cm³/mol. The third kappa shape index (κ3) is 3.60. The Kier molecular flexibility index (Phi) is 5.17. The highest BCUT2D eigenvalue weighted by Crippen LogP contribution is 2.34. The van der Waals surface area contributed by atoms with Gasteiger partial charge in [0.15, 0.2) is 5.75 Å². The molecule has 1 amide bonds. The Labute approximate surface area is 151 Å². The lowest BCUT2D eigenvalue weighted by Crippen LogP contribution is -2.17. The van der Waals surface area contributed by atoms with Gasteiger partial charge in [0.25, 0.3) is 5.91 Å². The normalized spacial score (nSPS) is 13.9. The molecule has 0 atom stereocenters. The highest BCUT2D eigenvalue weighted by Gasteiger charge is 2.15. The monoisotopic (exact) mass is 364 g/mol. The molecule has 2 aromatic carbocycles. The molecule has 1 heterocycles. The van der Waals surface area contributed by atoms with Crippen LogP contribution in [0.2, 0.25) is 10.0 Å². The van der Waals surface area contributed by atoms with E-state index in [2.05, 4.69) is 10.2 Å². The van der Waals surface area contributed by atoms with Crippen molar-refractivity contribution >= 4 is 40.5 Å². The lowest BCUT2D eigenvalue weighted by molar-refractivity contribution is 0.102. The molecule has 1 N–H and O–H groups in total. The molecule has 1 aliphatic heterocycles. The number of halogens is 2. The molecule has 1 fully saturated rings. The molecular formula is C18H18Cl2N2O2. The van der Waals surface area contributed by atoms with Gasteiger partial charge >= 0.3 is 0 Å². The summed E-state index contributed by atoms with van der Waals surface area (Å²) in [7, 11) is 1.48. The highest BCUT2D eigenvalue weighted by molar-refractivity contribution is 6.37. The summed E-state index contributed by atoms with van der Waals surface area (Å²) < 4.78 is 5.09. The first-order valence-corrected chi connectivity index (χ1v) is 8.53. The van der Waals surface area contributed by atoms with Crippen LogP contribution in [-0.2, 0) is 0 Å². The number of carbonyl (C=O) groups excluding carboxylic acids is 1. The Morgan fingerprint density at radius 1 is 1.08 bits per heavy atom. The molecule has 1 saturated heterocycles. The zero-order valence-electron chi connectivity index (χ0n) is 13.3. The Hall–Kier alpha value is -1.91. The minimum atomic E-state index is -0.268. The van der Waals surface area contributed by atoms with Crippen molar-refractivity contribution in [3.8, 4) is 5.75 Å². The van der Waals surface area contributed by atoms with Gasteiger partial charge in [-0.15, -0.1) is 0 Å². The molecule has 4 nitrogen and oxygen atoms in total. The summed E-state index contributed by atoms with van der Waals surface area (Å²) in [5.74, 6) is 0.0974. The van der Waals surface area contributed by atoms with Gasteiger partial charge in [-0.05, 0) is 49.2 Å². The number of nitrogens with one attached hydrogen (secondary N) is 1. The summed E-state index contributed by atoms with van der Waals surface area (Å²) >= 11 is 12.2. The summed E-state index contributed by atoms with van der Waals surface area (Å²) in [4.78, 5) is 14.7. The lowest BCUT2D eigenvalue weighted by atomic mass is 10.2. The van der Waals surface area contributed by atoms with Gasteiger partial charge < -0.3 is 15.0 Å². The number of nitrogens with zero attached hydrogens (tertiary/aromatic N) is 1. The fourth-order valence-electron chi connectivity index (χ4n) is 2.82. The molecule has 0 aromatic heterocycles. The van der Waals surface area contributed by atoms with Gasteiger partial charge in [-0.3, -0.25) is 4.79 Å². The first-order valence-electron chi connectivity index (χ1n) is 7.78. The number of methoxy groups -OCH3 is 1. The van der Waals surface area contributed by atoms with E-state index < -0.39 is 0 Å². The van der Waals surface area contributed by atoms with Crippen LogP contribution in [-0.4, -0.2) is 26.1 Å². The molecule has 0 radical (unpaired) electrons. The van der Waals surface area contributed by atoms with E-state index in [1.54, 1.807) is 12.1 Å². The van der Waals surface area contributed by atoms with Crippen molar-refractivity contribution in [3.05, 3.63) is 52.0 Å². The molecule has 0 aliphatic carbocycles. The van der Waals surface area contributed by atoms with E-state index in [1.807, 2.05) is 24.3 Å². The van der Waals surface area contributed by atoms with Gasteiger partial charge in [-0.1, -0.05) is 23.2 Å². The summed E-state index contributed by atoms with van der Waals surface area (Å²) in [6.07, 6.45) is 2.47. The second-order valence-electron chi connectivity index (χ2n) is 5.67. The molecule has 1 aliphatic rings. The Balaban J connectivity index is 1.72. The second kappa shape index (κ2) is 7.32. The van der Waals surface area contributed by atoms with Crippen LogP contribution < -0.4 is 15.0 Å². The van der Waals surface area contributed by atoms with Gasteiger partial charge in [0.2, 0.25) is 0 Å². The maximum Gasteiger partial charge on any atom is 0.255 e. The maximum atomic E-state index is 12.4. The van der Waals surface area contributed by atoms with Crippen molar-refractivity contribution in [2.45, 2.75) is 12.8 Å². The van der Waals surface area contributed by atoms with Crippen LogP contribution in [0, 0.1) is 0 Å². The van der Waals surface area contributed by atoms with Crippen LogP contribution in [0.25, 0.3) is 0 Å². The molecule has 24 heavy (non-hydrogen) atoms. The van der Waals surface area contributed by atoms with Gasteiger partial charge in [-0.25, -0.2) is 0 Å². The van der Waals surface area contributed by atoms with Crippen LogP contribution >= 0.6 is 23.2 Å². The smallest absolute Gasteiger partial charge is 0.255 e. The predicted octanol–water partition coefficient (Wildman–Crippen LogP) is 4.85. The quantitative estimate of drug-likeness (QED) is 0.842. The third-order valence-corrected chi connectivity index (χ3v) is 4.62. The standard InChI is InChI=1S/C18H18Cl2N2O2/c1-24-17-15(19)10-12(11-16(17)20)18(23)21-13-4-6-14(7-5-13)22-8-2-3-9-22/h4-7,10-11H,2-3,8-9H2,1H3,(H,21,23). The highest BCUT2D eigenvalue weighted by atomic mass is 35.5. The number of anilines is 2. The number of ether oxygens (including phenoxy) is 1. The van der Waals surface area contributed by atoms with Crippen molar-refractivity contribution in [2.24, 2.45) is 0 Å². The SMILES string of the molecule is COc1c(Cl)cc(C(=O)Nc2ccc(N3CCCC3)cc2)cc1Cl. The van der Waals surface area contributed by atoms with Crippen LogP contribution in [0.3, 0.4) is 0 Å². The van der Waals surface area contributed by atoms with Crippen molar-refractivity contribution in [1.29, 1.82) is 0 Å². The number of benzene rings is 2. The first kappa shape index (κ1) is 16.9. The Morgan fingerprint density at radius 2 is 1.67 bits per heavy atom. The topological polar surface area (TPSA) is 41.6 Å². The van der Waals surface area contributed by atoms with Gasteiger partial charge in [0.1, 0.15) is 0 Å². The van der Waals surface area contributed by atoms with Crippen LogP contribution in [0.15, 0.2) is 36.4 Å². The van der Waals surface area contributed by atoms with E-state index in [4.69, 9.17) is 27.9 Å². The molecular weight excluding hydrogens is 347 g/mol. The molecule has 126 valence electrons. The average Bonchev–Trinajstić information content (AvgIpc) is 3.09. The Bertz CT molecular complexity index is 718. The second-order valence-corrected chi connectivity index (χ2v) is 6.48. The first-order chi connectivity index (χ1) is 11.6. The third-order valence-electron chi connectivity index (χ3n) is 4.06. The molecule has 0 spiro atoms. The minimum absolute atomic E-state index is 0.268. The van der Waals surface area contributed by atoms with E-state index in [9.17, 15) is 4.79 Å². The van der Waals surface area contributed by atoms with E-state index in [0.717, 1.165) is 18.8 Å². The molecule has 6 heteroatoms. The molecule has 0 bridgehead atoms. The number of carbonyl (C=O) groups is 1. The van der Waals surface area contributed by atoms with Crippen molar-refractivity contribution in [1.82, 2.24) is 0 Å². The van der Waals surface area contributed by atoms with Crippen molar-refractivity contribution in [3.63, 3.8) is 0 Å². The van der Waals surface area contributed by atoms with E-state index >= 15 is 0 Å². The summed E-state index contributed by atoms with van der Waals surface area (Å²) in [6, 6.07) is 10.9. The van der Waals surface area contributed by atoms with Gasteiger partial charge in [0, 0.05) is 30.0 Å². The molecule has 0 saturated carbocycles. The Morgan fingerprint density at radius 3 is 2.21 bits per heavy atom. The van der Waals surface area contributed by atoms with Gasteiger partial charge in [0.05, 0.1) is 17.2 Å². The van der Waals surface area contributed by atoms with Crippen LogP contribution in [0.4, 0.5) is 11.4 Å². The van der Waals surface area contributed by atoms with Crippen LogP contribution in [0.5, 0.6) is 5.75 Å². The number of amides is 1. The largest absolute Gasteiger partial charge is 0.494 e. The summed E-state index contributed by atoms with van der Waals surface area (Å²) in [5.41, 5.74) is 2.29. The lowest BCUT2D eigenvalue weighted by Gasteiger charge is -2.17. The molecule has 2 aromatic rings. The zero-order chi connectivity index (χ0) is 17.1. The zero-order valence-corrected chi connectivity index (χ0v) is 14.8. The van der Waals surface area contributed by atoms with E-state index in [0.29, 0.717) is 21.4 Å². The number of rotatable bonds is 4. The molecule has 3 rings (SSSR count). The van der Waals surface area contributed by atoms with Crippen molar-refractivity contribution in [2.75, 3.05) is 30.4 Å². The van der Waals surface area contributed by atoms with Crippen molar-refractivity contribution < 1.29 is 9.53 Å².